The SMILES string of the molecule is CCc1cccc(CC)c1NC(=O)C1CC1C(=O)Nc1ccc(C(C)=O)cc1. The summed E-state index contributed by atoms with van der Waals surface area (Å²) in [5.74, 6) is -0.883. The first-order valence-corrected chi connectivity index (χ1v) is 9.78. The van der Waals surface area contributed by atoms with Crippen molar-refractivity contribution < 1.29 is 14.4 Å². The van der Waals surface area contributed by atoms with E-state index in [1.54, 1.807) is 24.3 Å². The van der Waals surface area contributed by atoms with Crippen LogP contribution in [0.2, 0.25) is 0 Å². The number of carbonyl (C=O) groups excluding carboxylic acids is 3. The molecule has 2 atom stereocenters. The van der Waals surface area contributed by atoms with E-state index in [-0.39, 0.29) is 29.4 Å². The van der Waals surface area contributed by atoms with Gasteiger partial charge in [0.05, 0.1) is 11.8 Å². The number of benzene rings is 2. The predicted molar refractivity (Wildman–Crippen MR) is 111 cm³/mol. The van der Waals surface area contributed by atoms with Crippen molar-refractivity contribution in [1.29, 1.82) is 0 Å². The number of aryl methyl sites for hydroxylation is 2. The molecule has 2 amide bonds. The Kier molecular flexibility index (Phi) is 5.93. The molecule has 146 valence electrons. The van der Waals surface area contributed by atoms with E-state index in [1.165, 1.54) is 6.92 Å². The van der Waals surface area contributed by atoms with Crippen LogP contribution in [0.25, 0.3) is 0 Å². The fraction of sp³-hybridized carbons (Fsp3) is 0.348. The summed E-state index contributed by atoms with van der Waals surface area (Å²) in [4.78, 5) is 36.4. The summed E-state index contributed by atoms with van der Waals surface area (Å²) in [7, 11) is 0. The zero-order valence-electron chi connectivity index (χ0n) is 16.5. The number of nitrogens with one attached hydrogen (secondary N) is 2. The summed E-state index contributed by atoms with van der Waals surface area (Å²) >= 11 is 0. The Morgan fingerprint density at radius 2 is 1.39 bits per heavy atom. The Morgan fingerprint density at radius 3 is 1.89 bits per heavy atom. The summed E-state index contributed by atoms with van der Waals surface area (Å²) in [6, 6.07) is 12.8. The summed E-state index contributed by atoms with van der Waals surface area (Å²) in [5.41, 5.74) is 4.34. The van der Waals surface area contributed by atoms with Gasteiger partial charge in [0, 0.05) is 16.9 Å². The number of amides is 2. The zero-order valence-corrected chi connectivity index (χ0v) is 16.5. The minimum Gasteiger partial charge on any atom is -0.326 e. The van der Waals surface area contributed by atoms with Gasteiger partial charge in [-0.25, -0.2) is 0 Å². The second kappa shape index (κ2) is 8.38. The lowest BCUT2D eigenvalue weighted by atomic mass is 10.0. The second-order valence-corrected chi connectivity index (χ2v) is 7.22. The number of hydrogen-bond acceptors (Lipinski definition) is 3. The second-order valence-electron chi connectivity index (χ2n) is 7.22. The molecular formula is C23H26N2O3. The Morgan fingerprint density at radius 1 is 0.857 bits per heavy atom. The van der Waals surface area contributed by atoms with Gasteiger partial charge in [-0.15, -0.1) is 0 Å². The molecule has 2 aromatic carbocycles. The molecule has 0 aliphatic heterocycles. The van der Waals surface area contributed by atoms with Gasteiger partial charge in [0.1, 0.15) is 0 Å². The van der Waals surface area contributed by atoms with Crippen molar-refractivity contribution in [1.82, 2.24) is 0 Å². The molecule has 1 aliphatic rings. The summed E-state index contributed by atoms with van der Waals surface area (Å²) in [6.07, 6.45) is 2.24. The van der Waals surface area contributed by atoms with Crippen molar-refractivity contribution in [3.05, 3.63) is 59.2 Å². The lowest BCUT2D eigenvalue weighted by Gasteiger charge is -2.14. The number of rotatable bonds is 7. The highest BCUT2D eigenvalue weighted by atomic mass is 16.2. The van der Waals surface area contributed by atoms with Crippen LogP contribution in [0.5, 0.6) is 0 Å². The van der Waals surface area contributed by atoms with Crippen LogP contribution in [0.3, 0.4) is 0 Å². The summed E-state index contributed by atoms with van der Waals surface area (Å²) in [6.45, 7) is 5.63. The van der Waals surface area contributed by atoms with Crippen molar-refractivity contribution in [2.75, 3.05) is 10.6 Å². The number of para-hydroxylation sites is 1. The smallest absolute Gasteiger partial charge is 0.228 e. The Balaban J connectivity index is 1.61. The lowest BCUT2D eigenvalue weighted by Crippen LogP contribution is -2.21. The third-order valence-electron chi connectivity index (χ3n) is 5.27. The largest absolute Gasteiger partial charge is 0.326 e. The van der Waals surface area contributed by atoms with E-state index in [1.807, 2.05) is 18.2 Å². The van der Waals surface area contributed by atoms with Gasteiger partial charge in [0.25, 0.3) is 0 Å². The molecule has 0 aromatic heterocycles. The summed E-state index contributed by atoms with van der Waals surface area (Å²) < 4.78 is 0. The normalized spacial score (nSPS) is 17.7. The molecule has 1 fully saturated rings. The van der Waals surface area contributed by atoms with E-state index in [4.69, 9.17) is 0 Å². The van der Waals surface area contributed by atoms with Gasteiger partial charge in [-0.05, 0) is 61.6 Å². The van der Waals surface area contributed by atoms with E-state index < -0.39 is 0 Å². The number of ketones is 1. The van der Waals surface area contributed by atoms with Crippen LogP contribution < -0.4 is 10.6 Å². The molecule has 5 nitrogen and oxygen atoms in total. The molecular weight excluding hydrogens is 352 g/mol. The van der Waals surface area contributed by atoms with E-state index >= 15 is 0 Å². The van der Waals surface area contributed by atoms with Crippen LogP contribution in [0, 0.1) is 11.8 Å². The standard InChI is InChI=1S/C23H26N2O3/c1-4-15-7-6-8-16(5-2)21(15)25-23(28)20-13-19(20)22(27)24-18-11-9-17(10-12-18)14(3)26/h6-12,19-20H,4-5,13H2,1-3H3,(H,24,27)(H,25,28). The first kappa shape index (κ1) is 19.8. The molecule has 3 rings (SSSR count). The maximum Gasteiger partial charge on any atom is 0.228 e. The molecule has 0 bridgehead atoms. The monoisotopic (exact) mass is 378 g/mol. The molecule has 28 heavy (non-hydrogen) atoms. The topological polar surface area (TPSA) is 75.3 Å². The first-order chi connectivity index (χ1) is 13.4. The Labute approximate surface area is 165 Å². The predicted octanol–water partition coefficient (Wildman–Crippen LogP) is 4.23. The van der Waals surface area contributed by atoms with Gasteiger partial charge < -0.3 is 10.6 Å². The van der Waals surface area contributed by atoms with Crippen LogP contribution >= 0.6 is 0 Å². The molecule has 2 N–H and O–H groups in total. The van der Waals surface area contributed by atoms with Crippen molar-refractivity contribution in [3.8, 4) is 0 Å². The highest BCUT2D eigenvalue weighted by Gasteiger charge is 2.48. The van der Waals surface area contributed by atoms with Gasteiger partial charge in [0.2, 0.25) is 11.8 Å². The van der Waals surface area contributed by atoms with E-state index in [2.05, 4.69) is 24.5 Å². The number of anilines is 2. The van der Waals surface area contributed by atoms with Gasteiger partial charge in [-0.3, -0.25) is 14.4 Å². The average molecular weight is 378 g/mol. The fourth-order valence-electron chi connectivity index (χ4n) is 3.42. The van der Waals surface area contributed by atoms with E-state index in [0.717, 1.165) is 29.7 Å². The minimum atomic E-state index is -0.314. The Hall–Kier alpha value is -2.95. The third kappa shape index (κ3) is 4.30. The van der Waals surface area contributed by atoms with Crippen LogP contribution in [0.15, 0.2) is 42.5 Å². The summed E-state index contributed by atoms with van der Waals surface area (Å²) in [5, 5.41) is 5.89. The lowest BCUT2D eigenvalue weighted by molar-refractivity contribution is -0.122. The van der Waals surface area contributed by atoms with Gasteiger partial charge in [0.15, 0.2) is 5.78 Å². The quantitative estimate of drug-likeness (QED) is 0.708. The number of hydrogen-bond donors (Lipinski definition) is 2. The number of Topliss-reactive ketones (excluding diaryl/α,β-unsaturated/α-hetero) is 1. The van der Waals surface area contributed by atoms with Crippen LogP contribution in [-0.4, -0.2) is 17.6 Å². The van der Waals surface area contributed by atoms with Crippen LogP contribution in [0.1, 0.15) is 48.7 Å². The maximum absolute atomic E-state index is 12.7. The van der Waals surface area contributed by atoms with Crippen molar-refractivity contribution in [2.24, 2.45) is 11.8 Å². The van der Waals surface area contributed by atoms with Gasteiger partial charge >= 0.3 is 0 Å². The van der Waals surface area contributed by atoms with Crippen LogP contribution in [0.4, 0.5) is 11.4 Å². The minimum absolute atomic E-state index is 0.0180. The zero-order chi connectivity index (χ0) is 20.3. The van der Waals surface area contributed by atoms with E-state index in [0.29, 0.717) is 17.7 Å². The molecule has 2 aromatic rings. The van der Waals surface area contributed by atoms with Crippen molar-refractivity contribution >= 4 is 29.0 Å². The average Bonchev–Trinajstić information content (AvgIpc) is 3.49. The van der Waals surface area contributed by atoms with Crippen LogP contribution in [-0.2, 0) is 22.4 Å². The first-order valence-electron chi connectivity index (χ1n) is 9.78. The van der Waals surface area contributed by atoms with Gasteiger partial charge in [-0.2, -0.15) is 0 Å². The van der Waals surface area contributed by atoms with Gasteiger partial charge in [-0.1, -0.05) is 32.0 Å². The molecule has 0 spiro atoms. The highest BCUT2D eigenvalue weighted by Crippen LogP contribution is 2.40. The molecule has 5 heteroatoms. The maximum atomic E-state index is 12.7. The fourth-order valence-corrected chi connectivity index (χ4v) is 3.42. The molecule has 2 unspecified atom stereocenters. The molecule has 0 radical (unpaired) electrons. The van der Waals surface area contributed by atoms with E-state index in [9.17, 15) is 14.4 Å². The molecule has 0 saturated heterocycles. The molecule has 1 saturated carbocycles. The highest BCUT2D eigenvalue weighted by molar-refractivity contribution is 6.04. The molecule has 0 heterocycles. The molecule has 1 aliphatic carbocycles. The third-order valence-corrected chi connectivity index (χ3v) is 5.27. The van der Waals surface area contributed by atoms with Crippen molar-refractivity contribution in [2.45, 2.75) is 40.0 Å². The van der Waals surface area contributed by atoms with Crippen molar-refractivity contribution in [3.63, 3.8) is 0 Å². The Bertz CT molecular complexity index is 880. The number of carbonyl (C=O) groups is 3.